The van der Waals surface area contributed by atoms with Crippen LogP contribution in [0.5, 0.6) is 0 Å². The Bertz CT molecular complexity index is 541. The van der Waals surface area contributed by atoms with E-state index >= 15 is 0 Å². The lowest BCUT2D eigenvalue weighted by Gasteiger charge is -2.21. The van der Waals surface area contributed by atoms with Crippen LogP contribution >= 0.6 is 27.3 Å². The van der Waals surface area contributed by atoms with Gasteiger partial charge in [0.25, 0.3) is 10.0 Å². The van der Waals surface area contributed by atoms with E-state index in [-0.39, 0.29) is 10.1 Å². The first-order chi connectivity index (χ1) is 8.81. The highest BCUT2D eigenvalue weighted by molar-refractivity contribution is 9.11. The van der Waals surface area contributed by atoms with Crippen LogP contribution in [0.3, 0.4) is 0 Å². The van der Waals surface area contributed by atoms with Gasteiger partial charge in [0.2, 0.25) is 0 Å². The van der Waals surface area contributed by atoms with E-state index in [1.165, 1.54) is 13.2 Å². The van der Waals surface area contributed by atoms with Gasteiger partial charge in [0.1, 0.15) is 10.3 Å². The average molecular weight is 370 g/mol. The number of rotatable bonds is 6. The van der Waals surface area contributed by atoms with Crippen molar-refractivity contribution in [2.75, 3.05) is 7.11 Å². The molecule has 0 fully saturated rings. The van der Waals surface area contributed by atoms with Crippen molar-refractivity contribution in [2.45, 2.75) is 30.5 Å². The van der Waals surface area contributed by atoms with E-state index in [4.69, 9.17) is 0 Å². The van der Waals surface area contributed by atoms with Crippen LogP contribution in [0.4, 0.5) is 0 Å². The topological polar surface area (TPSA) is 72.5 Å². The molecule has 1 rings (SSSR count). The Morgan fingerprint density at radius 1 is 1.53 bits per heavy atom. The summed E-state index contributed by atoms with van der Waals surface area (Å²) in [6, 6.07) is 2.26. The molecule has 19 heavy (non-hydrogen) atoms. The Balaban J connectivity index is 2.98. The van der Waals surface area contributed by atoms with Gasteiger partial charge in [-0.15, -0.1) is 11.3 Å². The first-order valence-electron chi connectivity index (χ1n) is 5.67. The Morgan fingerprint density at radius 3 is 2.58 bits per heavy atom. The maximum atomic E-state index is 12.2. The fourth-order valence-corrected chi connectivity index (χ4v) is 4.75. The zero-order valence-electron chi connectivity index (χ0n) is 10.8. The van der Waals surface area contributed by atoms with Crippen LogP contribution in [0.15, 0.2) is 20.1 Å². The minimum absolute atomic E-state index is 0.148. The first-order valence-corrected chi connectivity index (χ1v) is 8.76. The molecule has 1 N–H and O–H groups in total. The van der Waals surface area contributed by atoms with E-state index in [2.05, 4.69) is 25.4 Å². The molecule has 0 aromatic carbocycles. The highest BCUT2D eigenvalue weighted by Gasteiger charge is 2.30. The molecular formula is C11H16BrNO4S2. The number of methoxy groups -OCH3 is 1. The van der Waals surface area contributed by atoms with Gasteiger partial charge in [-0.3, -0.25) is 4.79 Å². The Labute approximate surface area is 125 Å². The molecule has 0 aliphatic heterocycles. The van der Waals surface area contributed by atoms with E-state index in [0.29, 0.717) is 10.2 Å². The molecule has 0 saturated heterocycles. The van der Waals surface area contributed by atoms with Gasteiger partial charge in [0.15, 0.2) is 0 Å². The van der Waals surface area contributed by atoms with Crippen molar-refractivity contribution in [3.05, 3.63) is 15.9 Å². The minimum Gasteiger partial charge on any atom is -0.468 e. The molecule has 5 nitrogen and oxygen atoms in total. The van der Waals surface area contributed by atoms with Crippen molar-refractivity contribution < 1.29 is 17.9 Å². The minimum atomic E-state index is -3.71. The number of halogens is 1. The summed E-state index contributed by atoms with van der Waals surface area (Å²) >= 11 is 4.30. The third-order valence-corrected chi connectivity index (χ3v) is 6.32. The predicted octanol–water partition coefficient (Wildman–Crippen LogP) is 2.38. The van der Waals surface area contributed by atoms with Gasteiger partial charge in [-0.25, -0.2) is 8.42 Å². The molecule has 0 spiro atoms. The zero-order valence-corrected chi connectivity index (χ0v) is 14.1. The van der Waals surface area contributed by atoms with Crippen LogP contribution in [-0.2, 0) is 19.6 Å². The Morgan fingerprint density at radius 2 is 2.16 bits per heavy atom. The molecule has 0 amide bonds. The van der Waals surface area contributed by atoms with Crippen molar-refractivity contribution >= 4 is 43.3 Å². The summed E-state index contributed by atoms with van der Waals surface area (Å²) in [5.41, 5.74) is 0. The molecule has 0 saturated carbocycles. The van der Waals surface area contributed by atoms with Crippen LogP contribution in [0, 0.1) is 5.92 Å². The van der Waals surface area contributed by atoms with E-state index in [9.17, 15) is 13.2 Å². The first kappa shape index (κ1) is 16.6. The van der Waals surface area contributed by atoms with Crippen LogP contribution in [-0.4, -0.2) is 27.5 Å². The van der Waals surface area contributed by atoms with Crippen LogP contribution in [0.2, 0.25) is 0 Å². The predicted molar refractivity (Wildman–Crippen MR) is 77.6 cm³/mol. The Kier molecular flexibility index (Phi) is 5.97. The highest BCUT2D eigenvalue weighted by atomic mass is 79.9. The molecule has 8 heteroatoms. The number of carbonyl (C=O) groups excluding carboxylic acids is 1. The second-order valence-corrected chi connectivity index (χ2v) is 8.47. The normalized spacial score (nSPS) is 14.9. The standard InChI is InChI=1S/C11H16BrNO4S2/c1-4-7(2)10(11(14)17-3)13-19(15,16)9-6-5-8(12)18-9/h5-7,10,13H,4H2,1-3H3/t7-,10-/m0/s1. The fourth-order valence-electron chi connectivity index (χ4n) is 1.43. The SMILES string of the molecule is CC[C@H](C)[C@H](NS(=O)(=O)c1ccc(Br)s1)C(=O)OC. The van der Waals surface area contributed by atoms with Crippen LogP contribution in [0.25, 0.3) is 0 Å². The van der Waals surface area contributed by atoms with Gasteiger partial charge in [-0.1, -0.05) is 20.3 Å². The van der Waals surface area contributed by atoms with E-state index in [1.807, 2.05) is 6.92 Å². The monoisotopic (exact) mass is 369 g/mol. The Hall–Kier alpha value is -0.440. The summed E-state index contributed by atoms with van der Waals surface area (Å²) < 4.78 is 32.3. The van der Waals surface area contributed by atoms with Gasteiger partial charge < -0.3 is 4.74 Å². The van der Waals surface area contributed by atoms with E-state index in [1.54, 1.807) is 13.0 Å². The molecule has 1 aromatic heterocycles. The number of hydrogen-bond donors (Lipinski definition) is 1. The number of hydrogen-bond acceptors (Lipinski definition) is 5. The molecule has 0 aliphatic carbocycles. The second-order valence-electron chi connectivity index (χ2n) is 4.07. The summed E-state index contributed by atoms with van der Waals surface area (Å²) in [5, 5.41) is 0. The molecule has 0 aliphatic rings. The highest BCUT2D eigenvalue weighted by Crippen LogP contribution is 2.26. The average Bonchev–Trinajstić information content (AvgIpc) is 2.81. The lowest BCUT2D eigenvalue weighted by atomic mass is 10.0. The van der Waals surface area contributed by atoms with Crippen molar-refractivity contribution in [1.82, 2.24) is 4.72 Å². The van der Waals surface area contributed by atoms with Gasteiger partial charge in [0.05, 0.1) is 10.9 Å². The summed E-state index contributed by atoms with van der Waals surface area (Å²) in [5.74, 6) is -0.723. The van der Waals surface area contributed by atoms with E-state index < -0.39 is 22.0 Å². The van der Waals surface area contributed by atoms with Crippen LogP contribution < -0.4 is 4.72 Å². The summed E-state index contributed by atoms with van der Waals surface area (Å²) in [7, 11) is -2.47. The maximum Gasteiger partial charge on any atom is 0.324 e. The number of sulfonamides is 1. The second kappa shape index (κ2) is 6.83. The smallest absolute Gasteiger partial charge is 0.324 e. The molecule has 1 heterocycles. The lowest BCUT2D eigenvalue weighted by Crippen LogP contribution is -2.45. The molecule has 2 atom stereocenters. The molecule has 0 radical (unpaired) electrons. The number of carbonyl (C=O) groups is 1. The fraction of sp³-hybridized carbons (Fsp3) is 0.545. The van der Waals surface area contributed by atoms with Crippen molar-refractivity contribution in [2.24, 2.45) is 5.92 Å². The summed E-state index contributed by atoms with van der Waals surface area (Å²) in [6.45, 7) is 3.69. The summed E-state index contributed by atoms with van der Waals surface area (Å²) in [6.07, 6.45) is 0.663. The third kappa shape index (κ3) is 4.27. The van der Waals surface area contributed by atoms with E-state index in [0.717, 1.165) is 11.3 Å². The van der Waals surface area contributed by atoms with Gasteiger partial charge >= 0.3 is 5.97 Å². The van der Waals surface area contributed by atoms with Gasteiger partial charge in [0, 0.05) is 0 Å². The number of esters is 1. The van der Waals surface area contributed by atoms with Crippen molar-refractivity contribution in [1.29, 1.82) is 0 Å². The zero-order chi connectivity index (χ0) is 14.6. The quantitative estimate of drug-likeness (QED) is 0.781. The van der Waals surface area contributed by atoms with Crippen molar-refractivity contribution in [3.63, 3.8) is 0 Å². The van der Waals surface area contributed by atoms with Gasteiger partial charge in [-0.2, -0.15) is 4.72 Å². The van der Waals surface area contributed by atoms with Crippen LogP contribution in [0.1, 0.15) is 20.3 Å². The van der Waals surface area contributed by atoms with Gasteiger partial charge in [-0.05, 0) is 34.0 Å². The molecule has 108 valence electrons. The van der Waals surface area contributed by atoms with Crippen molar-refractivity contribution in [3.8, 4) is 0 Å². The maximum absolute atomic E-state index is 12.2. The largest absolute Gasteiger partial charge is 0.468 e. The lowest BCUT2D eigenvalue weighted by molar-refractivity contribution is -0.143. The molecule has 0 bridgehead atoms. The number of thiophene rings is 1. The number of ether oxygens (including phenoxy) is 1. The molecule has 1 aromatic rings. The number of nitrogens with one attached hydrogen (secondary N) is 1. The molecule has 0 unspecified atom stereocenters. The third-order valence-electron chi connectivity index (χ3n) is 2.76. The molecular weight excluding hydrogens is 354 g/mol. The summed E-state index contributed by atoms with van der Waals surface area (Å²) in [4.78, 5) is 11.7.